The monoisotopic (exact) mass is 507 g/mol. The van der Waals surface area contributed by atoms with Crippen LogP contribution in [-0.2, 0) is 21.4 Å². The molecule has 11 nitrogen and oxygen atoms in total. The molecule has 0 aliphatic rings. The average Bonchev–Trinajstić information content (AvgIpc) is 2.68. The maximum atomic E-state index is 13.1. The number of hydrogen-bond donors (Lipinski definition) is 5. The van der Waals surface area contributed by atoms with Gasteiger partial charge in [-0.3, -0.25) is 18.9 Å². The molecule has 15 heteroatoms. The lowest BCUT2D eigenvalue weighted by molar-refractivity contribution is -0.362. The zero-order valence-corrected chi connectivity index (χ0v) is 19.1. The number of nitrogens with one attached hydrogen (secondary N) is 2. The van der Waals surface area contributed by atoms with Gasteiger partial charge >= 0.3 is 6.18 Å². The Morgan fingerprint density at radius 1 is 1.21 bits per heavy atom. The fourth-order valence-electron chi connectivity index (χ4n) is 3.04. The van der Waals surface area contributed by atoms with Gasteiger partial charge in [0.2, 0.25) is 15.9 Å². The molecule has 2 aromatic rings. The van der Waals surface area contributed by atoms with Crippen LogP contribution in [0.2, 0.25) is 0 Å². The highest BCUT2D eigenvalue weighted by atomic mass is 32.2. The first-order valence-electron chi connectivity index (χ1n) is 9.68. The lowest BCUT2D eigenvalue weighted by Crippen LogP contribution is -2.63. The summed E-state index contributed by atoms with van der Waals surface area (Å²) in [5, 5.41) is 21.1. The normalized spacial score (nSPS) is 13.6. The quantitative estimate of drug-likeness (QED) is 0.249. The van der Waals surface area contributed by atoms with Gasteiger partial charge in [0.15, 0.2) is 0 Å². The molecule has 1 aromatic heterocycles. The van der Waals surface area contributed by atoms with E-state index in [1.54, 1.807) is 0 Å². The maximum Gasteiger partial charge on any atom is 0.445 e. The summed E-state index contributed by atoms with van der Waals surface area (Å²) in [6, 6.07) is 3.68. The molecule has 188 valence electrons. The molecule has 1 amide bonds. The van der Waals surface area contributed by atoms with Crippen LogP contribution in [0.3, 0.4) is 0 Å². The standard InChI is InChI=1S/C19H24F3N5O6S/c1-10(2)15(18(30,31)19(20,21)22)25-14(28)9-27-16(11-4-6-12(23)7-5-11)24-8-13(17(27)29)26-34(3,32)33/h4-8,10,15,26,30-31H,9,23H2,1-3H3,(H,25,28)/t15-/m0/s1. The van der Waals surface area contributed by atoms with E-state index in [0.717, 1.165) is 17.0 Å². The first kappa shape index (κ1) is 27.1. The van der Waals surface area contributed by atoms with Crippen molar-refractivity contribution in [2.24, 2.45) is 5.92 Å². The number of aromatic nitrogens is 2. The third-order valence-electron chi connectivity index (χ3n) is 4.65. The molecule has 1 atom stereocenters. The molecule has 0 spiro atoms. The molecule has 34 heavy (non-hydrogen) atoms. The van der Waals surface area contributed by atoms with Crippen molar-refractivity contribution in [3.63, 3.8) is 0 Å². The summed E-state index contributed by atoms with van der Waals surface area (Å²) in [5.74, 6) is -6.63. The van der Waals surface area contributed by atoms with E-state index in [4.69, 9.17) is 5.73 Å². The van der Waals surface area contributed by atoms with E-state index in [1.165, 1.54) is 38.1 Å². The van der Waals surface area contributed by atoms with Crippen LogP contribution in [0.15, 0.2) is 35.3 Å². The number of sulfonamides is 1. The van der Waals surface area contributed by atoms with Crippen LogP contribution in [0.4, 0.5) is 24.5 Å². The van der Waals surface area contributed by atoms with E-state index in [2.05, 4.69) is 4.98 Å². The second kappa shape index (κ2) is 9.60. The number of nitrogens with two attached hydrogens (primary N) is 1. The molecule has 0 saturated carbocycles. The number of alkyl halides is 3. The molecular weight excluding hydrogens is 483 g/mol. The van der Waals surface area contributed by atoms with E-state index in [1.807, 2.05) is 10.0 Å². The molecule has 1 aromatic carbocycles. The average molecular weight is 507 g/mol. The molecule has 6 N–H and O–H groups in total. The smallest absolute Gasteiger partial charge is 0.399 e. The third kappa shape index (κ3) is 6.24. The Hall–Kier alpha value is -3.17. The summed E-state index contributed by atoms with van der Waals surface area (Å²) in [7, 11) is -3.91. The van der Waals surface area contributed by atoms with Crippen molar-refractivity contribution in [2.45, 2.75) is 38.4 Å². The Balaban J connectivity index is 2.52. The van der Waals surface area contributed by atoms with Crippen molar-refractivity contribution in [2.75, 3.05) is 16.7 Å². The summed E-state index contributed by atoms with van der Waals surface area (Å²) in [5.41, 5.74) is 4.78. The zero-order chi connectivity index (χ0) is 26.1. The highest BCUT2D eigenvalue weighted by molar-refractivity contribution is 7.92. The van der Waals surface area contributed by atoms with Crippen molar-refractivity contribution < 1.29 is 36.6 Å². The zero-order valence-electron chi connectivity index (χ0n) is 18.3. The molecule has 0 unspecified atom stereocenters. The van der Waals surface area contributed by atoms with Crippen LogP contribution in [0.1, 0.15) is 13.8 Å². The van der Waals surface area contributed by atoms with Crippen LogP contribution < -0.4 is 21.3 Å². The van der Waals surface area contributed by atoms with Gasteiger partial charge in [-0.05, 0) is 30.2 Å². The Bertz CT molecular complexity index is 1210. The molecule has 1 heterocycles. The summed E-state index contributed by atoms with van der Waals surface area (Å²) < 4.78 is 65.2. The van der Waals surface area contributed by atoms with Crippen molar-refractivity contribution in [3.05, 3.63) is 40.8 Å². The first-order valence-corrected chi connectivity index (χ1v) is 11.6. The molecule has 0 fully saturated rings. The van der Waals surface area contributed by atoms with Gasteiger partial charge in [0, 0.05) is 11.3 Å². The number of hydrogen-bond acceptors (Lipinski definition) is 8. The molecule has 0 aliphatic heterocycles. The molecule has 0 aliphatic carbocycles. The van der Waals surface area contributed by atoms with E-state index < -0.39 is 57.6 Å². The number of anilines is 2. The number of amides is 1. The van der Waals surface area contributed by atoms with Gasteiger partial charge in [0.05, 0.1) is 18.5 Å². The van der Waals surface area contributed by atoms with E-state index in [-0.39, 0.29) is 5.82 Å². The van der Waals surface area contributed by atoms with Crippen molar-refractivity contribution in [3.8, 4) is 11.4 Å². The van der Waals surface area contributed by atoms with Crippen LogP contribution in [0.5, 0.6) is 0 Å². The van der Waals surface area contributed by atoms with Gasteiger partial charge in [-0.1, -0.05) is 13.8 Å². The summed E-state index contributed by atoms with van der Waals surface area (Å²) in [6.45, 7) is 1.53. The summed E-state index contributed by atoms with van der Waals surface area (Å²) in [4.78, 5) is 29.6. The Morgan fingerprint density at radius 2 is 1.76 bits per heavy atom. The van der Waals surface area contributed by atoms with E-state index in [9.17, 15) is 41.4 Å². The highest BCUT2D eigenvalue weighted by Crippen LogP contribution is 2.33. The second-order valence-corrected chi connectivity index (χ2v) is 9.64. The number of aliphatic hydroxyl groups is 2. The number of nitrogens with zero attached hydrogens (tertiary/aromatic N) is 2. The SMILES string of the molecule is CC(C)[C@H](NC(=O)Cn1c(-c2ccc(N)cc2)ncc(NS(C)(=O)=O)c1=O)C(O)(O)C(F)(F)F. The lowest BCUT2D eigenvalue weighted by Gasteiger charge is -2.35. The van der Waals surface area contributed by atoms with Crippen LogP contribution in [0, 0.1) is 5.92 Å². The predicted octanol–water partition coefficient (Wildman–Crippen LogP) is 0.248. The number of benzene rings is 1. The second-order valence-electron chi connectivity index (χ2n) is 7.90. The summed E-state index contributed by atoms with van der Waals surface area (Å²) in [6.07, 6.45) is -3.78. The fraction of sp³-hybridized carbons (Fsp3) is 0.421. The molecular formula is C19H24F3N5O6S. The topological polar surface area (TPSA) is 177 Å². The number of carbonyl (C=O) groups is 1. The van der Waals surface area contributed by atoms with Crippen molar-refractivity contribution >= 4 is 27.3 Å². The van der Waals surface area contributed by atoms with Crippen LogP contribution in [0.25, 0.3) is 11.4 Å². The Kier molecular flexibility index (Phi) is 7.64. The van der Waals surface area contributed by atoms with E-state index >= 15 is 0 Å². The number of carbonyl (C=O) groups excluding carboxylic acids is 1. The molecule has 2 rings (SSSR count). The van der Waals surface area contributed by atoms with E-state index in [0.29, 0.717) is 11.3 Å². The fourth-order valence-corrected chi connectivity index (χ4v) is 3.58. The Labute approximate surface area is 192 Å². The van der Waals surface area contributed by atoms with Crippen molar-refractivity contribution in [1.29, 1.82) is 0 Å². The first-order chi connectivity index (χ1) is 15.4. The molecule has 0 radical (unpaired) electrons. The maximum absolute atomic E-state index is 13.1. The third-order valence-corrected chi connectivity index (χ3v) is 5.24. The van der Waals surface area contributed by atoms with Gasteiger partial charge in [0.25, 0.3) is 11.3 Å². The summed E-state index contributed by atoms with van der Waals surface area (Å²) >= 11 is 0. The molecule has 0 saturated heterocycles. The molecule has 0 bridgehead atoms. The van der Waals surface area contributed by atoms with Gasteiger partial charge in [-0.15, -0.1) is 0 Å². The minimum atomic E-state index is -5.48. The van der Waals surface area contributed by atoms with Crippen LogP contribution >= 0.6 is 0 Å². The lowest BCUT2D eigenvalue weighted by atomic mass is 9.94. The Morgan fingerprint density at radius 3 is 2.24 bits per heavy atom. The van der Waals surface area contributed by atoms with Crippen LogP contribution in [-0.4, -0.2) is 58.4 Å². The highest BCUT2D eigenvalue weighted by Gasteiger charge is 2.59. The number of halogens is 3. The van der Waals surface area contributed by atoms with Gasteiger partial charge in [-0.2, -0.15) is 13.2 Å². The van der Waals surface area contributed by atoms with Gasteiger partial charge < -0.3 is 21.3 Å². The number of nitrogen functional groups attached to an aromatic ring is 1. The van der Waals surface area contributed by atoms with Gasteiger partial charge in [0.1, 0.15) is 18.1 Å². The minimum absolute atomic E-state index is 0.115. The van der Waals surface area contributed by atoms with Gasteiger partial charge in [-0.25, -0.2) is 13.4 Å². The van der Waals surface area contributed by atoms with Crippen molar-refractivity contribution in [1.82, 2.24) is 14.9 Å². The predicted molar refractivity (Wildman–Crippen MR) is 117 cm³/mol. The largest absolute Gasteiger partial charge is 0.445 e. The number of rotatable bonds is 8. The minimum Gasteiger partial charge on any atom is -0.399 e.